The average molecular weight is 539 g/mol. The van der Waals surface area contributed by atoms with E-state index >= 15 is 0 Å². The summed E-state index contributed by atoms with van der Waals surface area (Å²) >= 11 is 0. The van der Waals surface area contributed by atoms with Crippen LogP contribution in [0.4, 0.5) is 0 Å². The van der Waals surface area contributed by atoms with E-state index in [0.29, 0.717) is 61.6 Å². The smallest absolute Gasteiger partial charge is 0.220 e. The van der Waals surface area contributed by atoms with E-state index in [1.54, 1.807) is 31.4 Å². The van der Waals surface area contributed by atoms with Crippen molar-refractivity contribution in [1.29, 1.82) is 0 Å². The van der Waals surface area contributed by atoms with E-state index in [2.05, 4.69) is 24.1 Å². The highest BCUT2D eigenvalue weighted by atomic mass is 16.6. The highest BCUT2D eigenvalue weighted by Gasteiger charge is 2.36. The van der Waals surface area contributed by atoms with E-state index in [9.17, 15) is 14.7 Å². The van der Waals surface area contributed by atoms with Gasteiger partial charge in [0, 0.05) is 30.5 Å². The van der Waals surface area contributed by atoms with Crippen LogP contribution in [0.5, 0.6) is 17.2 Å². The third-order valence-electron chi connectivity index (χ3n) is 7.84. The molecule has 2 atom stereocenters. The van der Waals surface area contributed by atoms with Crippen LogP contribution in [0, 0.1) is 0 Å². The Kier molecular flexibility index (Phi) is 9.86. The first-order valence-corrected chi connectivity index (χ1v) is 14.1. The van der Waals surface area contributed by atoms with Crippen molar-refractivity contribution in [3.05, 3.63) is 53.6 Å². The molecule has 2 heterocycles. The van der Waals surface area contributed by atoms with Crippen LogP contribution in [-0.4, -0.2) is 66.7 Å². The van der Waals surface area contributed by atoms with Crippen molar-refractivity contribution in [2.45, 2.75) is 76.5 Å². The lowest BCUT2D eigenvalue weighted by Gasteiger charge is -2.36. The predicted octanol–water partition coefficient (Wildman–Crippen LogP) is 4.69. The number of Topliss-reactive ketones (excluding diaryl/α,β-unsaturated/α-hetero) is 1. The molecule has 0 aromatic heterocycles. The third-order valence-corrected chi connectivity index (χ3v) is 7.84. The summed E-state index contributed by atoms with van der Waals surface area (Å²) in [5.41, 5.74) is 1.39. The molecule has 0 radical (unpaired) electrons. The normalized spacial score (nSPS) is 17.8. The summed E-state index contributed by atoms with van der Waals surface area (Å²) in [6, 6.07) is 12.1. The maximum atomic E-state index is 13.0. The predicted molar refractivity (Wildman–Crippen MR) is 150 cm³/mol. The Morgan fingerprint density at radius 3 is 2.44 bits per heavy atom. The van der Waals surface area contributed by atoms with Crippen LogP contribution in [0.1, 0.15) is 80.8 Å². The number of methoxy groups -OCH3 is 1. The summed E-state index contributed by atoms with van der Waals surface area (Å²) in [6.07, 6.45) is 4.29. The number of nitrogens with one attached hydrogen (secondary N) is 1. The molecule has 1 fully saturated rings. The molecule has 1 saturated heterocycles. The standard InChI is InChI=1S/C31H42N2O6/c1-31(2)16-7-17-33(31)21-25(30(36)23-12-15-27-28(20-23)39-19-18-38-27)32-29(35)9-6-4-5-8-26(34)22-10-13-24(37-3)14-11-22/h10-15,20,25,30,36H,4-9,16-19,21H2,1-3H3,(H,32,35)/t25-,30-/m1/s1. The van der Waals surface area contributed by atoms with Crippen LogP contribution >= 0.6 is 0 Å². The molecular formula is C31H42N2O6. The van der Waals surface area contributed by atoms with Crippen molar-refractivity contribution in [3.8, 4) is 17.2 Å². The summed E-state index contributed by atoms with van der Waals surface area (Å²) in [5.74, 6) is 2.02. The van der Waals surface area contributed by atoms with Gasteiger partial charge in [0.2, 0.25) is 5.91 Å². The van der Waals surface area contributed by atoms with Gasteiger partial charge >= 0.3 is 0 Å². The number of nitrogens with zero attached hydrogens (tertiary/aromatic N) is 1. The fraction of sp³-hybridized carbons (Fsp3) is 0.548. The van der Waals surface area contributed by atoms with Crippen LogP contribution in [0.3, 0.4) is 0 Å². The van der Waals surface area contributed by atoms with Gasteiger partial charge in [-0.05, 0) is 88.0 Å². The van der Waals surface area contributed by atoms with Crippen molar-refractivity contribution >= 4 is 11.7 Å². The highest BCUT2D eigenvalue weighted by molar-refractivity contribution is 5.96. The molecule has 39 heavy (non-hydrogen) atoms. The molecule has 0 saturated carbocycles. The van der Waals surface area contributed by atoms with E-state index in [1.165, 1.54) is 0 Å². The van der Waals surface area contributed by atoms with Crippen LogP contribution in [0.15, 0.2) is 42.5 Å². The molecule has 0 bridgehead atoms. The van der Waals surface area contributed by atoms with Crippen molar-refractivity contribution in [1.82, 2.24) is 10.2 Å². The number of ether oxygens (including phenoxy) is 3. The monoisotopic (exact) mass is 538 g/mol. The number of ketones is 1. The van der Waals surface area contributed by atoms with E-state index in [0.717, 1.165) is 38.0 Å². The first kappa shape index (κ1) is 28.9. The van der Waals surface area contributed by atoms with Gasteiger partial charge in [0.15, 0.2) is 17.3 Å². The molecule has 8 nitrogen and oxygen atoms in total. The first-order chi connectivity index (χ1) is 18.8. The molecule has 0 spiro atoms. The maximum absolute atomic E-state index is 13.0. The molecule has 4 rings (SSSR count). The zero-order chi connectivity index (χ0) is 27.8. The van der Waals surface area contributed by atoms with Crippen molar-refractivity contribution in [2.24, 2.45) is 0 Å². The molecule has 0 unspecified atom stereocenters. The number of benzene rings is 2. The van der Waals surface area contributed by atoms with Gasteiger partial charge in [-0.2, -0.15) is 0 Å². The number of aliphatic hydroxyl groups is 1. The van der Waals surface area contributed by atoms with Crippen molar-refractivity contribution in [3.63, 3.8) is 0 Å². The number of unbranched alkanes of at least 4 members (excludes halogenated alkanes) is 2. The minimum absolute atomic E-state index is 0.0198. The molecule has 0 aliphatic carbocycles. The summed E-state index contributed by atoms with van der Waals surface area (Å²) < 4.78 is 16.5. The van der Waals surface area contributed by atoms with Crippen molar-refractivity contribution < 1.29 is 28.9 Å². The number of aliphatic hydroxyl groups excluding tert-OH is 1. The Labute approximate surface area is 231 Å². The maximum Gasteiger partial charge on any atom is 0.220 e. The second kappa shape index (κ2) is 13.3. The van der Waals surface area contributed by atoms with Gasteiger partial charge < -0.3 is 24.6 Å². The number of amides is 1. The lowest BCUT2D eigenvalue weighted by molar-refractivity contribution is -0.123. The molecule has 2 aromatic carbocycles. The Bertz CT molecular complexity index is 1120. The number of hydrogen-bond acceptors (Lipinski definition) is 7. The van der Waals surface area contributed by atoms with Crippen LogP contribution in [0.2, 0.25) is 0 Å². The largest absolute Gasteiger partial charge is 0.497 e. The van der Waals surface area contributed by atoms with Gasteiger partial charge in [-0.1, -0.05) is 12.5 Å². The quantitative estimate of drug-likeness (QED) is 0.282. The molecule has 212 valence electrons. The lowest BCUT2D eigenvalue weighted by atomic mass is 9.97. The SMILES string of the molecule is COc1ccc(C(=O)CCCCCC(=O)N[C@H](CN2CCCC2(C)C)[C@H](O)c2ccc3c(c2)OCCO3)cc1. The van der Waals surface area contributed by atoms with E-state index < -0.39 is 12.1 Å². The Morgan fingerprint density at radius 2 is 1.74 bits per heavy atom. The summed E-state index contributed by atoms with van der Waals surface area (Å²) in [4.78, 5) is 27.8. The average Bonchev–Trinajstić information content (AvgIpc) is 3.28. The summed E-state index contributed by atoms with van der Waals surface area (Å²) in [7, 11) is 1.60. The zero-order valence-corrected chi connectivity index (χ0v) is 23.4. The van der Waals surface area contributed by atoms with Gasteiger partial charge in [-0.3, -0.25) is 14.5 Å². The number of rotatable bonds is 13. The number of carbonyl (C=O) groups is 2. The Morgan fingerprint density at radius 1 is 1.03 bits per heavy atom. The first-order valence-electron chi connectivity index (χ1n) is 14.1. The molecule has 2 aliphatic heterocycles. The van der Waals surface area contributed by atoms with Gasteiger partial charge in [0.1, 0.15) is 25.1 Å². The second-order valence-corrected chi connectivity index (χ2v) is 11.1. The van der Waals surface area contributed by atoms with Crippen LogP contribution in [0.25, 0.3) is 0 Å². The fourth-order valence-corrected chi connectivity index (χ4v) is 5.39. The van der Waals surface area contributed by atoms with Crippen LogP contribution in [-0.2, 0) is 4.79 Å². The van der Waals surface area contributed by atoms with Gasteiger partial charge in [-0.25, -0.2) is 0 Å². The third kappa shape index (κ3) is 7.73. The molecule has 2 aliphatic rings. The lowest BCUT2D eigenvalue weighted by Crippen LogP contribution is -2.51. The Balaban J connectivity index is 1.30. The number of fused-ring (bicyclic) bond motifs is 1. The van der Waals surface area contributed by atoms with E-state index in [1.807, 2.05) is 18.2 Å². The van der Waals surface area contributed by atoms with Gasteiger partial charge in [-0.15, -0.1) is 0 Å². The highest BCUT2D eigenvalue weighted by Crippen LogP contribution is 2.35. The van der Waals surface area contributed by atoms with Gasteiger partial charge in [0.25, 0.3) is 0 Å². The molecule has 8 heteroatoms. The zero-order valence-electron chi connectivity index (χ0n) is 23.4. The molecule has 2 aromatic rings. The van der Waals surface area contributed by atoms with E-state index in [-0.39, 0.29) is 17.2 Å². The minimum Gasteiger partial charge on any atom is -0.497 e. The van der Waals surface area contributed by atoms with E-state index in [4.69, 9.17) is 14.2 Å². The second-order valence-electron chi connectivity index (χ2n) is 11.1. The summed E-state index contributed by atoms with van der Waals surface area (Å²) in [6.45, 7) is 6.90. The number of carbonyl (C=O) groups excluding carboxylic acids is 2. The van der Waals surface area contributed by atoms with Crippen LogP contribution < -0.4 is 19.5 Å². The fourth-order valence-electron chi connectivity index (χ4n) is 5.39. The Hall–Kier alpha value is -3.10. The van der Waals surface area contributed by atoms with Gasteiger partial charge in [0.05, 0.1) is 13.2 Å². The molecule has 1 amide bonds. The molecular weight excluding hydrogens is 496 g/mol. The molecule has 2 N–H and O–H groups in total. The van der Waals surface area contributed by atoms with Crippen molar-refractivity contribution in [2.75, 3.05) is 33.4 Å². The minimum atomic E-state index is -0.886. The number of likely N-dealkylation sites (tertiary alicyclic amines) is 1. The number of hydrogen-bond donors (Lipinski definition) is 2. The topological polar surface area (TPSA) is 97.3 Å². The summed E-state index contributed by atoms with van der Waals surface area (Å²) in [5, 5.41) is 14.5.